The molecule has 2 aliphatic rings. The van der Waals surface area contributed by atoms with Gasteiger partial charge in [-0.2, -0.15) is 0 Å². The van der Waals surface area contributed by atoms with Crippen LogP contribution in [0.2, 0.25) is 0 Å². The highest BCUT2D eigenvalue weighted by molar-refractivity contribution is 6.41. The van der Waals surface area contributed by atoms with Gasteiger partial charge in [-0.15, -0.1) is 0 Å². The van der Waals surface area contributed by atoms with E-state index >= 15 is 0 Å². The van der Waals surface area contributed by atoms with E-state index in [-0.39, 0.29) is 18.2 Å². The second kappa shape index (κ2) is 13.7. The van der Waals surface area contributed by atoms with E-state index in [1.807, 2.05) is 61.5 Å². The minimum absolute atomic E-state index is 0.0970. The van der Waals surface area contributed by atoms with Gasteiger partial charge in [-0.1, -0.05) is 42.5 Å². The van der Waals surface area contributed by atoms with E-state index in [4.69, 9.17) is 30.8 Å². The number of carbonyl (C=O) groups excluding carboxylic acids is 1. The number of hydrogen-bond acceptors (Lipinski definition) is 7. The van der Waals surface area contributed by atoms with Crippen LogP contribution in [0.4, 0.5) is 5.69 Å². The normalized spacial score (nSPS) is 18.1. The lowest BCUT2D eigenvalue weighted by Gasteiger charge is -2.27. The predicted octanol–water partition coefficient (Wildman–Crippen LogP) is 3.70. The number of aliphatic carboxylic acids is 1. The first-order chi connectivity index (χ1) is 18.3. The third kappa shape index (κ3) is 7.16. The zero-order chi connectivity index (χ0) is 27.7. The summed E-state index contributed by atoms with van der Waals surface area (Å²) in [5.41, 5.74) is 16.9. The van der Waals surface area contributed by atoms with Gasteiger partial charge in [0.05, 0.1) is 31.5 Å². The summed E-state index contributed by atoms with van der Waals surface area (Å²) in [6.07, 6.45) is 3.35. The summed E-state index contributed by atoms with van der Waals surface area (Å²) in [5.74, 6) is -0.554. The van der Waals surface area contributed by atoms with E-state index in [1.165, 1.54) is 0 Å². The number of hydrogen-bond donors (Lipinski definition) is 3. The molecule has 2 atom stereocenters. The van der Waals surface area contributed by atoms with Crippen molar-refractivity contribution in [1.29, 1.82) is 0 Å². The monoisotopic (exact) mass is 521 g/mol. The molecule has 4 rings (SSSR count). The molecule has 0 spiro atoms. The Morgan fingerprint density at radius 2 is 1.82 bits per heavy atom. The van der Waals surface area contributed by atoms with Gasteiger partial charge in [0.25, 0.3) is 5.91 Å². The fourth-order valence-corrected chi connectivity index (χ4v) is 4.36. The maximum absolute atomic E-state index is 10.9. The molecule has 1 heterocycles. The van der Waals surface area contributed by atoms with Crippen molar-refractivity contribution in [3.05, 3.63) is 82.6 Å². The molecule has 38 heavy (non-hydrogen) atoms. The molecule has 5 N–H and O–H groups in total. The molecule has 0 aromatic heterocycles. The quantitative estimate of drug-likeness (QED) is 0.432. The Bertz CT molecular complexity index is 1230. The lowest BCUT2D eigenvalue weighted by atomic mass is 9.89. The van der Waals surface area contributed by atoms with Gasteiger partial charge < -0.3 is 30.8 Å². The molecule has 0 saturated heterocycles. The van der Waals surface area contributed by atoms with Gasteiger partial charge in [-0.25, -0.2) is 4.99 Å². The zero-order valence-corrected chi connectivity index (χ0v) is 22.0. The number of nitrogens with zero attached hydrogens (tertiary/aromatic N) is 1. The first kappa shape index (κ1) is 28.8. The van der Waals surface area contributed by atoms with Crippen molar-refractivity contribution in [2.24, 2.45) is 16.5 Å². The number of methoxy groups -OCH3 is 2. The standard InChI is InChI=1S/C20H26O5.C9H9N3O/c1-4-25-13-15-11-17(23-2)20(18(12-15)24-3)16-8-5-14(6-9-16)7-10-19(21)22;10-7-5-3-1-2-4-6(5)12-8(7)9(11)13/h5-6,8-9,11,18H,4,7,10,12-13H2,1-3H3,(H,21,22);1-4,7H,10H2,(H2,11,13). The van der Waals surface area contributed by atoms with Crippen LogP contribution >= 0.6 is 0 Å². The summed E-state index contributed by atoms with van der Waals surface area (Å²) in [4.78, 5) is 25.6. The average molecular weight is 522 g/mol. The number of para-hydroxylation sites is 1. The number of amides is 1. The molecule has 0 saturated carbocycles. The largest absolute Gasteiger partial charge is 0.496 e. The number of rotatable bonds is 10. The number of allylic oxidation sites excluding steroid dienone is 1. The first-order valence-electron chi connectivity index (χ1n) is 12.4. The van der Waals surface area contributed by atoms with Gasteiger partial charge in [0.15, 0.2) is 0 Å². The number of primary amides is 1. The molecule has 0 radical (unpaired) electrons. The molecule has 1 amide bonds. The third-order valence-corrected chi connectivity index (χ3v) is 6.32. The molecule has 1 aliphatic carbocycles. The molecule has 2 aromatic rings. The number of aliphatic imine (C=N–C) groups is 1. The Morgan fingerprint density at radius 3 is 2.39 bits per heavy atom. The van der Waals surface area contributed by atoms with Crippen molar-refractivity contribution in [2.75, 3.05) is 27.4 Å². The van der Waals surface area contributed by atoms with E-state index in [9.17, 15) is 9.59 Å². The molecule has 0 bridgehead atoms. The second-order valence-electron chi connectivity index (χ2n) is 8.84. The van der Waals surface area contributed by atoms with Crippen LogP contribution < -0.4 is 11.5 Å². The molecule has 2 unspecified atom stereocenters. The van der Waals surface area contributed by atoms with Gasteiger partial charge in [0.1, 0.15) is 11.5 Å². The Morgan fingerprint density at radius 1 is 1.11 bits per heavy atom. The van der Waals surface area contributed by atoms with Crippen LogP contribution in [0.5, 0.6) is 0 Å². The Kier molecular flexibility index (Phi) is 10.3. The van der Waals surface area contributed by atoms with Crippen LogP contribution in [0.3, 0.4) is 0 Å². The van der Waals surface area contributed by atoms with E-state index in [1.54, 1.807) is 14.2 Å². The predicted molar refractivity (Wildman–Crippen MR) is 146 cm³/mol. The number of carboxylic acid groups (broad SMARTS) is 1. The number of aryl methyl sites for hydroxylation is 1. The summed E-state index contributed by atoms with van der Waals surface area (Å²) in [6, 6.07) is 14.8. The lowest BCUT2D eigenvalue weighted by Crippen LogP contribution is -2.31. The summed E-state index contributed by atoms with van der Waals surface area (Å²) in [5, 5.41) is 8.80. The number of ether oxygens (including phenoxy) is 3. The molecule has 202 valence electrons. The van der Waals surface area contributed by atoms with Crippen molar-refractivity contribution in [2.45, 2.75) is 38.3 Å². The fourth-order valence-electron chi connectivity index (χ4n) is 4.36. The van der Waals surface area contributed by atoms with Gasteiger partial charge in [0, 0.05) is 37.7 Å². The minimum Gasteiger partial charge on any atom is -0.496 e. The lowest BCUT2D eigenvalue weighted by molar-refractivity contribution is -0.137. The van der Waals surface area contributed by atoms with Crippen LogP contribution in [0.15, 0.2) is 70.9 Å². The molecule has 9 nitrogen and oxygen atoms in total. The molecular formula is C29H35N3O6. The van der Waals surface area contributed by atoms with Gasteiger partial charge in [0.2, 0.25) is 0 Å². The number of benzene rings is 2. The highest BCUT2D eigenvalue weighted by Gasteiger charge is 2.27. The number of fused-ring (bicyclic) bond motifs is 1. The average Bonchev–Trinajstić information content (AvgIpc) is 3.27. The first-order valence-corrected chi connectivity index (χ1v) is 12.4. The summed E-state index contributed by atoms with van der Waals surface area (Å²) in [7, 11) is 3.35. The fraction of sp³-hybridized carbons (Fsp3) is 0.345. The number of nitrogens with two attached hydrogens (primary N) is 2. The summed E-state index contributed by atoms with van der Waals surface area (Å²) < 4.78 is 16.8. The van der Waals surface area contributed by atoms with Crippen LogP contribution in [0.25, 0.3) is 5.57 Å². The summed E-state index contributed by atoms with van der Waals surface area (Å²) >= 11 is 0. The van der Waals surface area contributed by atoms with E-state index < -0.39 is 17.9 Å². The van der Waals surface area contributed by atoms with Crippen LogP contribution in [-0.2, 0) is 30.2 Å². The van der Waals surface area contributed by atoms with E-state index in [0.29, 0.717) is 19.6 Å². The number of carbonyl (C=O) groups is 2. The van der Waals surface area contributed by atoms with Crippen LogP contribution in [0, 0.1) is 0 Å². The Labute approximate surface area is 222 Å². The van der Waals surface area contributed by atoms with Crippen molar-refractivity contribution in [1.82, 2.24) is 0 Å². The topological polar surface area (TPSA) is 146 Å². The second-order valence-corrected chi connectivity index (χ2v) is 8.84. The molecular weight excluding hydrogens is 486 g/mol. The van der Waals surface area contributed by atoms with Gasteiger partial charge in [-0.05, 0) is 42.2 Å². The minimum atomic E-state index is -0.785. The smallest absolute Gasteiger partial charge is 0.303 e. The SMILES string of the molecule is CCOCC1=CC(OC)=C(c2ccc(CCC(=O)O)cc2)C(OC)C1.NC(=O)C1=Nc2ccccc2C1N. The van der Waals surface area contributed by atoms with Crippen LogP contribution in [0.1, 0.15) is 42.5 Å². The Balaban J connectivity index is 0.000000256. The van der Waals surface area contributed by atoms with Crippen molar-refractivity contribution >= 4 is 28.8 Å². The number of carboxylic acids is 1. The zero-order valence-electron chi connectivity index (χ0n) is 22.0. The van der Waals surface area contributed by atoms with Gasteiger partial charge >= 0.3 is 5.97 Å². The van der Waals surface area contributed by atoms with Crippen molar-refractivity contribution in [3.8, 4) is 0 Å². The van der Waals surface area contributed by atoms with Crippen molar-refractivity contribution < 1.29 is 28.9 Å². The van der Waals surface area contributed by atoms with Crippen LogP contribution in [-0.4, -0.2) is 56.2 Å². The summed E-state index contributed by atoms with van der Waals surface area (Å²) in [6.45, 7) is 3.22. The Hall–Kier alpha value is -3.79. The molecule has 9 heteroatoms. The highest BCUT2D eigenvalue weighted by Crippen LogP contribution is 2.34. The maximum atomic E-state index is 10.9. The highest BCUT2D eigenvalue weighted by atomic mass is 16.5. The van der Waals surface area contributed by atoms with E-state index in [0.717, 1.165) is 45.7 Å². The van der Waals surface area contributed by atoms with Gasteiger partial charge in [-0.3, -0.25) is 9.59 Å². The van der Waals surface area contributed by atoms with E-state index in [2.05, 4.69) is 4.99 Å². The maximum Gasteiger partial charge on any atom is 0.303 e. The molecule has 0 fully saturated rings. The molecule has 1 aliphatic heterocycles. The van der Waals surface area contributed by atoms with Crippen molar-refractivity contribution in [3.63, 3.8) is 0 Å². The third-order valence-electron chi connectivity index (χ3n) is 6.32. The molecule has 2 aromatic carbocycles.